The third kappa shape index (κ3) is 2.56. The molecule has 2 rings (SSSR count). The van der Waals surface area contributed by atoms with Crippen molar-refractivity contribution in [2.24, 2.45) is 0 Å². The van der Waals surface area contributed by atoms with Gasteiger partial charge in [-0.1, -0.05) is 45.0 Å². The second-order valence-electron chi connectivity index (χ2n) is 6.04. The summed E-state index contributed by atoms with van der Waals surface area (Å²) in [6, 6.07) is 7.95. The van der Waals surface area contributed by atoms with Crippen molar-refractivity contribution in [3.63, 3.8) is 0 Å². The molecule has 2 unspecified atom stereocenters. The summed E-state index contributed by atoms with van der Waals surface area (Å²) in [5.41, 5.74) is 2.54. The average molecular weight is 247 g/mol. The molecule has 0 spiro atoms. The van der Waals surface area contributed by atoms with Crippen LogP contribution in [0.5, 0.6) is 0 Å². The monoisotopic (exact) mass is 247 g/mol. The van der Waals surface area contributed by atoms with Crippen LogP contribution in [-0.4, -0.2) is 23.7 Å². The van der Waals surface area contributed by atoms with Crippen molar-refractivity contribution >= 4 is 5.97 Å². The van der Waals surface area contributed by atoms with Crippen molar-refractivity contribution in [3.8, 4) is 0 Å². The summed E-state index contributed by atoms with van der Waals surface area (Å²) in [4.78, 5) is 11.1. The first kappa shape index (κ1) is 13.1. The van der Waals surface area contributed by atoms with Crippen molar-refractivity contribution in [2.75, 3.05) is 6.54 Å². The van der Waals surface area contributed by atoms with E-state index in [1.165, 1.54) is 5.56 Å². The van der Waals surface area contributed by atoms with E-state index in [9.17, 15) is 4.79 Å². The van der Waals surface area contributed by atoms with E-state index in [0.29, 0.717) is 0 Å². The zero-order valence-electron chi connectivity index (χ0n) is 11.2. The van der Waals surface area contributed by atoms with Gasteiger partial charge in [0.2, 0.25) is 0 Å². The van der Waals surface area contributed by atoms with Crippen LogP contribution in [0.4, 0.5) is 0 Å². The molecule has 1 aromatic carbocycles. The average Bonchev–Trinajstić information content (AvgIpc) is 2.77. The summed E-state index contributed by atoms with van der Waals surface area (Å²) in [5, 5.41) is 12.2. The quantitative estimate of drug-likeness (QED) is 0.844. The summed E-state index contributed by atoms with van der Waals surface area (Å²) >= 11 is 0. The summed E-state index contributed by atoms with van der Waals surface area (Å²) in [6.07, 6.45) is 0.895. The number of aliphatic carboxylic acids is 1. The van der Waals surface area contributed by atoms with Gasteiger partial charge in [0.05, 0.1) is 0 Å². The van der Waals surface area contributed by atoms with Crippen molar-refractivity contribution in [1.29, 1.82) is 0 Å². The van der Waals surface area contributed by atoms with E-state index < -0.39 is 12.0 Å². The second kappa shape index (κ2) is 4.73. The lowest BCUT2D eigenvalue weighted by atomic mass is 9.84. The summed E-state index contributed by atoms with van der Waals surface area (Å²) in [6.45, 7) is 7.32. The van der Waals surface area contributed by atoms with Crippen LogP contribution in [0.25, 0.3) is 0 Å². The molecular formula is C15H21NO2. The number of hydrogen-bond donors (Lipinski definition) is 2. The summed E-state index contributed by atoms with van der Waals surface area (Å²) < 4.78 is 0. The fourth-order valence-corrected chi connectivity index (χ4v) is 2.55. The van der Waals surface area contributed by atoms with E-state index in [1.807, 2.05) is 0 Å². The predicted octanol–water partition coefficient (Wildman–Crippen LogP) is 2.51. The molecule has 1 heterocycles. The molecule has 18 heavy (non-hydrogen) atoms. The zero-order chi connectivity index (χ0) is 13.3. The normalized spacial score (nSPS) is 24.2. The van der Waals surface area contributed by atoms with E-state index in [2.05, 4.69) is 50.4 Å². The van der Waals surface area contributed by atoms with E-state index in [0.717, 1.165) is 18.5 Å². The maximum atomic E-state index is 11.1. The SMILES string of the molecule is CC(C)(C)c1ccc(C2CCNC2C(=O)O)cc1. The van der Waals surface area contributed by atoms with Crippen LogP contribution in [-0.2, 0) is 10.2 Å². The van der Waals surface area contributed by atoms with Gasteiger partial charge in [0.25, 0.3) is 0 Å². The molecule has 1 aliphatic heterocycles. The Hall–Kier alpha value is -1.35. The van der Waals surface area contributed by atoms with Crippen molar-refractivity contribution in [2.45, 2.75) is 44.6 Å². The molecule has 3 nitrogen and oxygen atoms in total. The number of rotatable bonds is 2. The first-order chi connectivity index (χ1) is 8.39. The molecule has 2 N–H and O–H groups in total. The van der Waals surface area contributed by atoms with Crippen LogP contribution in [0, 0.1) is 0 Å². The molecule has 0 bridgehead atoms. The fourth-order valence-electron chi connectivity index (χ4n) is 2.55. The first-order valence-electron chi connectivity index (χ1n) is 6.46. The molecule has 0 amide bonds. The van der Waals surface area contributed by atoms with E-state index in [-0.39, 0.29) is 11.3 Å². The van der Waals surface area contributed by atoms with Crippen LogP contribution in [0.15, 0.2) is 24.3 Å². The molecule has 2 atom stereocenters. The van der Waals surface area contributed by atoms with E-state index in [4.69, 9.17) is 5.11 Å². The minimum Gasteiger partial charge on any atom is -0.480 e. The smallest absolute Gasteiger partial charge is 0.321 e. The Morgan fingerprint density at radius 3 is 2.39 bits per heavy atom. The maximum Gasteiger partial charge on any atom is 0.321 e. The Labute approximate surface area is 108 Å². The van der Waals surface area contributed by atoms with Crippen LogP contribution < -0.4 is 5.32 Å². The van der Waals surface area contributed by atoms with Crippen LogP contribution >= 0.6 is 0 Å². The molecule has 1 fully saturated rings. The molecule has 0 radical (unpaired) electrons. The lowest BCUT2D eigenvalue weighted by molar-refractivity contribution is -0.139. The van der Waals surface area contributed by atoms with Crippen molar-refractivity contribution in [1.82, 2.24) is 5.32 Å². The molecular weight excluding hydrogens is 226 g/mol. The molecule has 1 saturated heterocycles. The molecule has 98 valence electrons. The number of benzene rings is 1. The fraction of sp³-hybridized carbons (Fsp3) is 0.533. The lowest BCUT2D eigenvalue weighted by Gasteiger charge is -2.21. The Kier molecular flexibility index (Phi) is 3.44. The number of hydrogen-bond acceptors (Lipinski definition) is 2. The predicted molar refractivity (Wildman–Crippen MR) is 71.9 cm³/mol. The van der Waals surface area contributed by atoms with E-state index >= 15 is 0 Å². The third-order valence-corrected chi connectivity index (χ3v) is 3.69. The van der Waals surface area contributed by atoms with Crippen molar-refractivity contribution < 1.29 is 9.90 Å². The van der Waals surface area contributed by atoms with Gasteiger partial charge in [-0.2, -0.15) is 0 Å². The number of carboxylic acid groups (broad SMARTS) is 1. The first-order valence-corrected chi connectivity index (χ1v) is 6.46. The Morgan fingerprint density at radius 2 is 1.89 bits per heavy atom. The number of carbonyl (C=O) groups is 1. The Balaban J connectivity index is 2.22. The molecule has 0 aliphatic carbocycles. The van der Waals surface area contributed by atoms with E-state index in [1.54, 1.807) is 0 Å². The Morgan fingerprint density at radius 1 is 1.28 bits per heavy atom. The highest BCUT2D eigenvalue weighted by Gasteiger charge is 2.33. The van der Waals surface area contributed by atoms with Gasteiger partial charge in [-0.25, -0.2) is 0 Å². The van der Waals surface area contributed by atoms with Gasteiger partial charge in [0.15, 0.2) is 0 Å². The molecule has 0 saturated carbocycles. The van der Waals surface area contributed by atoms with Gasteiger partial charge in [-0.3, -0.25) is 4.79 Å². The largest absolute Gasteiger partial charge is 0.480 e. The zero-order valence-corrected chi connectivity index (χ0v) is 11.2. The summed E-state index contributed by atoms with van der Waals surface area (Å²) in [7, 11) is 0. The second-order valence-corrected chi connectivity index (χ2v) is 6.04. The highest BCUT2D eigenvalue weighted by molar-refractivity contribution is 5.75. The molecule has 3 heteroatoms. The highest BCUT2D eigenvalue weighted by Crippen LogP contribution is 2.30. The van der Waals surface area contributed by atoms with Crippen LogP contribution in [0.3, 0.4) is 0 Å². The lowest BCUT2D eigenvalue weighted by Crippen LogP contribution is -2.34. The van der Waals surface area contributed by atoms with Crippen LogP contribution in [0.1, 0.15) is 44.2 Å². The van der Waals surface area contributed by atoms with Gasteiger partial charge in [-0.15, -0.1) is 0 Å². The minimum atomic E-state index is -0.752. The molecule has 1 aliphatic rings. The topological polar surface area (TPSA) is 49.3 Å². The van der Waals surface area contributed by atoms with Gasteiger partial charge < -0.3 is 10.4 Å². The minimum absolute atomic E-state index is 0.0940. The number of carboxylic acids is 1. The van der Waals surface area contributed by atoms with Gasteiger partial charge in [0, 0.05) is 5.92 Å². The van der Waals surface area contributed by atoms with Gasteiger partial charge in [-0.05, 0) is 29.5 Å². The van der Waals surface area contributed by atoms with Crippen LogP contribution in [0.2, 0.25) is 0 Å². The number of nitrogens with one attached hydrogen (secondary N) is 1. The van der Waals surface area contributed by atoms with Gasteiger partial charge in [0.1, 0.15) is 6.04 Å². The van der Waals surface area contributed by atoms with Crippen molar-refractivity contribution in [3.05, 3.63) is 35.4 Å². The standard InChI is InChI=1S/C15H21NO2/c1-15(2,3)11-6-4-10(5-7-11)12-8-9-16-13(12)14(17)18/h4-7,12-13,16H,8-9H2,1-3H3,(H,17,18). The van der Waals surface area contributed by atoms with Gasteiger partial charge >= 0.3 is 5.97 Å². The Bertz CT molecular complexity index is 431. The maximum absolute atomic E-state index is 11.1. The molecule has 1 aromatic rings. The summed E-state index contributed by atoms with van der Waals surface area (Å²) in [5.74, 6) is -0.658. The molecule has 0 aromatic heterocycles. The highest BCUT2D eigenvalue weighted by atomic mass is 16.4. The third-order valence-electron chi connectivity index (χ3n) is 3.69.